The number of carbonyl (C=O) groups excluding carboxylic acids is 1. The average molecular weight is 406 g/mol. The van der Waals surface area contributed by atoms with Crippen molar-refractivity contribution in [2.24, 2.45) is 0 Å². The maximum atomic E-state index is 12.8. The van der Waals surface area contributed by atoms with Gasteiger partial charge >= 0.3 is 0 Å². The number of thioether (sulfide) groups is 1. The molecular weight excluding hydrogens is 390 g/mol. The number of amides is 1. The third-order valence-corrected chi connectivity index (χ3v) is 5.22. The first-order valence-corrected chi connectivity index (χ1v) is 9.48. The van der Waals surface area contributed by atoms with Gasteiger partial charge < -0.3 is 9.47 Å². The molecule has 1 aliphatic heterocycles. The highest BCUT2D eigenvalue weighted by atomic mass is 35.5. The number of ether oxygens (including phenoxy) is 2. The Bertz CT molecular complexity index is 881. The number of thiocarbonyl (C=S) groups is 1. The predicted octanol–water partition coefficient (Wildman–Crippen LogP) is 5.15. The molecule has 0 bridgehead atoms. The van der Waals surface area contributed by atoms with Gasteiger partial charge in [-0.05, 0) is 55.0 Å². The Balaban J connectivity index is 1.89. The summed E-state index contributed by atoms with van der Waals surface area (Å²) in [6.45, 7) is 2.46. The Hall–Kier alpha value is -2.02. The summed E-state index contributed by atoms with van der Waals surface area (Å²) in [5.74, 6) is 1.13. The molecule has 134 valence electrons. The predicted molar refractivity (Wildman–Crippen MR) is 111 cm³/mol. The Morgan fingerprint density at radius 2 is 1.92 bits per heavy atom. The van der Waals surface area contributed by atoms with Crippen molar-refractivity contribution in [1.29, 1.82) is 0 Å². The fraction of sp³-hybridized carbons (Fsp3) is 0.158. The van der Waals surface area contributed by atoms with Gasteiger partial charge in [-0.15, -0.1) is 0 Å². The topological polar surface area (TPSA) is 38.8 Å². The molecule has 2 aromatic rings. The van der Waals surface area contributed by atoms with E-state index in [1.54, 1.807) is 37.5 Å². The lowest BCUT2D eigenvalue weighted by Crippen LogP contribution is -2.27. The molecule has 26 heavy (non-hydrogen) atoms. The normalized spacial score (nSPS) is 15.7. The van der Waals surface area contributed by atoms with Gasteiger partial charge in [0.1, 0.15) is 0 Å². The van der Waals surface area contributed by atoms with Crippen LogP contribution in [0.25, 0.3) is 6.08 Å². The van der Waals surface area contributed by atoms with Gasteiger partial charge in [0.25, 0.3) is 5.91 Å². The summed E-state index contributed by atoms with van der Waals surface area (Å²) in [4.78, 5) is 14.8. The third kappa shape index (κ3) is 3.87. The minimum absolute atomic E-state index is 0.157. The largest absolute Gasteiger partial charge is 0.493 e. The van der Waals surface area contributed by atoms with Crippen LogP contribution in [0.15, 0.2) is 47.4 Å². The highest BCUT2D eigenvalue weighted by Crippen LogP contribution is 2.37. The molecular formula is C19H16ClNO3S2. The number of halogens is 1. The highest BCUT2D eigenvalue weighted by molar-refractivity contribution is 8.27. The van der Waals surface area contributed by atoms with Crippen LogP contribution in [0, 0.1) is 0 Å². The van der Waals surface area contributed by atoms with Crippen LogP contribution in [0.3, 0.4) is 0 Å². The number of nitrogens with zero attached hydrogens (tertiary/aromatic N) is 1. The second-order valence-electron chi connectivity index (χ2n) is 5.34. The van der Waals surface area contributed by atoms with E-state index in [-0.39, 0.29) is 5.91 Å². The summed E-state index contributed by atoms with van der Waals surface area (Å²) in [5, 5.41) is 0.608. The number of benzene rings is 2. The van der Waals surface area contributed by atoms with Crippen LogP contribution in [0.2, 0.25) is 5.02 Å². The van der Waals surface area contributed by atoms with Crippen molar-refractivity contribution in [1.82, 2.24) is 0 Å². The summed E-state index contributed by atoms with van der Waals surface area (Å²) in [7, 11) is 1.58. The maximum Gasteiger partial charge on any atom is 0.270 e. The molecule has 0 radical (unpaired) electrons. The van der Waals surface area contributed by atoms with Crippen LogP contribution in [0.4, 0.5) is 5.69 Å². The molecule has 0 aromatic heterocycles. The Morgan fingerprint density at radius 1 is 1.19 bits per heavy atom. The summed E-state index contributed by atoms with van der Waals surface area (Å²) >= 11 is 12.6. The number of carbonyl (C=O) groups is 1. The van der Waals surface area contributed by atoms with Gasteiger partial charge in [0, 0.05) is 5.02 Å². The van der Waals surface area contributed by atoms with E-state index in [1.165, 1.54) is 16.7 Å². The van der Waals surface area contributed by atoms with E-state index in [9.17, 15) is 4.79 Å². The van der Waals surface area contributed by atoms with Gasteiger partial charge in [-0.3, -0.25) is 9.69 Å². The molecule has 1 aliphatic rings. The lowest BCUT2D eigenvalue weighted by Gasteiger charge is -2.14. The molecule has 0 spiro atoms. The Morgan fingerprint density at radius 3 is 2.58 bits per heavy atom. The minimum atomic E-state index is -0.157. The lowest BCUT2D eigenvalue weighted by atomic mass is 10.2. The number of rotatable bonds is 5. The van der Waals surface area contributed by atoms with Gasteiger partial charge in [-0.2, -0.15) is 0 Å². The van der Waals surface area contributed by atoms with Crippen molar-refractivity contribution < 1.29 is 14.3 Å². The van der Waals surface area contributed by atoms with Crippen LogP contribution in [-0.4, -0.2) is 23.9 Å². The molecule has 1 heterocycles. The zero-order valence-corrected chi connectivity index (χ0v) is 16.6. The summed E-state index contributed by atoms with van der Waals surface area (Å²) in [6.07, 6.45) is 1.80. The van der Waals surface area contributed by atoms with Crippen molar-refractivity contribution in [2.75, 3.05) is 18.6 Å². The zero-order chi connectivity index (χ0) is 18.7. The third-order valence-electron chi connectivity index (χ3n) is 3.66. The van der Waals surface area contributed by atoms with E-state index < -0.39 is 0 Å². The fourth-order valence-corrected chi connectivity index (χ4v) is 3.91. The highest BCUT2D eigenvalue weighted by Gasteiger charge is 2.33. The molecule has 4 nitrogen and oxygen atoms in total. The summed E-state index contributed by atoms with van der Waals surface area (Å²) < 4.78 is 11.4. The van der Waals surface area contributed by atoms with Crippen LogP contribution < -0.4 is 14.4 Å². The molecule has 1 saturated heterocycles. The van der Waals surface area contributed by atoms with Gasteiger partial charge in [0.15, 0.2) is 15.8 Å². The Kier molecular flexibility index (Phi) is 5.86. The quantitative estimate of drug-likeness (QED) is 0.508. The molecule has 7 heteroatoms. The first-order chi connectivity index (χ1) is 12.5. The first-order valence-electron chi connectivity index (χ1n) is 7.88. The SMILES string of the molecule is CCOc1ccc(/C=C2/SC(=S)N(c3ccc(Cl)cc3)C2=O)cc1OC. The maximum absolute atomic E-state index is 12.8. The van der Waals surface area contributed by atoms with E-state index in [0.717, 1.165) is 5.56 Å². The monoisotopic (exact) mass is 405 g/mol. The van der Waals surface area contributed by atoms with Crippen molar-refractivity contribution in [3.63, 3.8) is 0 Å². The van der Waals surface area contributed by atoms with Crippen LogP contribution in [0.5, 0.6) is 11.5 Å². The average Bonchev–Trinajstić information content (AvgIpc) is 2.91. The van der Waals surface area contributed by atoms with Crippen LogP contribution in [-0.2, 0) is 4.79 Å². The summed E-state index contributed by atoms with van der Waals surface area (Å²) in [5.41, 5.74) is 1.53. The fourth-order valence-electron chi connectivity index (χ4n) is 2.48. The lowest BCUT2D eigenvalue weighted by molar-refractivity contribution is -0.113. The van der Waals surface area contributed by atoms with Crippen molar-refractivity contribution in [3.05, 3.63) is 58.0 Å². The van der Waals surface area contributed by atoms with Crippen LogP contribution in [0.1, 0.15) is 12.5 Å². The minimum Gasteiger partial charge on any atom is -0.493 e. The van der Waals surface area contributed by atoms with Gasteiger partial charge in [-0.1, -0.05) is 41.6 Å². The number of anilines is 1. The molecule has 0 N–H and O–H groups in total. The second kappa shape index (κ2) is 8.12. The molecule has 0 atom stereocenters. The van der Waals surface area contributed by atoms with Crippen molar-refractivity contribution in [3.8, 4) is 11.5 Å². The zero-order valence-electron chi connectivity index (χ0n) is 14.2. The number of hydrogen-bond acceptors (Lipinski definition) is 5. The first kappa shape index (κ1) is 18.8. The van der Waals surface area contributed by atoms with Crippen molar-refractivity contribution in [2.45, 2.75) is 6.92 Å². The van der Waals surface area contributed by atoms with E-state index >= 15 is 0 Å². The molecule has 0 unspecified atom stereocenters. The molecule has 1 fully saturated rings. The van der Waals surface area contributed by atoms with E-state index in [2.05, 4.69) is 0 Å². The van der Waals surface area contributed by atoms with E-state index in [1.807, 2.05) is 25.1 Å². The molecule has 1 amide bonds. The van der Waals surface area contributed by atoms with E-state index in [4.69, 9.17) is 33.3 Å². The molecule has 3 rings (SSSR count). The summed E-state index contributed by atoms with van der Waals surface area (Å²) in [6, 6.07) is 12.6. The smallest absolute Gasteiger partial charge is 0.270 e. The van der Waals surface area contributed by atoms with Crippen molar-refractivity contribution >= 4 is 57.6 Å². The van der Waals surface area contributed by atoms with Gasteiger partial charge in [0.2, 0.25) is 0 Å². The standard InChI is InChI=1S/C19H16ClNO3S2/c1-3-24-15-9-4-12(10-16(15)23-2)11-17-18(22)21(19(25)26-17)14-7-5-13(20)6-8-14/h4-11H,3H2,1-2H3/b17-11+. The number of methoxy groups -OCH3 is 1. The molecule has 2 aromatic carbocycles. The van der Waals surface area contributed by atoms with Gasteiger partial charge in [-0.25, -0.2) is 0 Å². The number of hydrogen-bond donors (Lipinski definition) is 0. The molecule has 0 aliphatic carbocycles. The van der Waals surface area contributed by atoms with Gasteiger partial charge in [0.05, 0.1) is 24.3 Å². The molecule has 0 saturated carbocycles. The second-order valence-corrected chi connectivity index (χ2v) is 7.45. The Labute approximate surface area is 166 Å². The van der Waals surface area contributed by atoms with Crippen LogP contribution >= 0.6 is 35.6 Å². The van der Waals surface area contributed by atoms with E-state index in [0.29, 0.717) is 38.0 Å².